The average molecular weight is 729 g/mol. The fraction of sp³-hybridized carbons (Fsp3) is 0.386. The summed E-state index contributed by atoms with van der Waals surface area (Å²) in [5, 5.41) is 12.5. The van der Waals surface area contributed by atoms with E-state index in [0.717, 1.165) is 80.3 Å². The van der Waals surface area contributed by atoms with E-state index in [9.17, 15) is 19.5 Å². The van der Waals surface area contributed by atoms with Crippen LogP contribution in [0.15, 0.2) is 91.0 Å². The molecule has 3 amide bonds. The molecule has 4 aliphatic heterocycles. The number of rotatable bonds is 11. The van der Waals surface area contributed by atoms with Gasteiger partial charge in [-0.05, 0) is 92.2 Å². The van der Waals surface area contributed by atoms with E-state index in [1.807, 2.05) is 24.3 Å². The lowest BCUT2D eigenvalue weighted by atomic mass is 9.73. The lowest BCUT2D eigenvalue weighted by Crippen LogP contribution is -2.52. The molecule has 0 aromatic heterocycles. The average Bonchev–Trinajstić information content (AvgIpc) is 3.51. The Balaban J connectivity index is 0.782. The predicted molar refractivity (Wildman–Crippen MR) is 206 cm³/mol. The number of anilines is 1. The number of hydrogen-bond acceptors (Lipinski definition) is 8. The van der Waals surface area contributed by atoms with Gasteiger partial charge in [0.05, 0.1) is 6.61 Å². The standard InChI is InChI=1S/C44H48N4O6/c1-29-41(30-8-4-2-5-9-30)42(37-17-13-34(49)27-39(37)54-29)31-10-14-35(15-11-31)53-25-7-3-6-20-46-21-23-47(24-22-46)33-12-16-36-32(26-33)28-48(44(36)52)38-18-19-40(50)45-43(38)51/h2,4-5,8-17,26-27,29,38,41-42,49H,3,6-7,18-25,28H2,1H3,(H,45,50,51)/t29-,38?,41-,42-/m1/s1. The zero-order valence-corrected chi connectivity index (χ0v) is 30.8. The number of nitrogens with one attached hydrogen (secondary N) is 1. The Hall–Kier alpha value is -5.35. The molecule has 2 fully saturated rings. The third-order valence-electron chi connectivity index (χ3n) is 11.6. The summed E-state index contributed by atoms with van der Waals surface area (Å²) in [6.45, 7) is 8.08. The summed E-state index contributed by atoms with van der Waals surface area (Å²) >= 11 is 0. The maximum atomic E-state index is 13.1. The van der Waals surface area contributed by atoms with Gasteiger partial charge in [-0.3, -0.25) is 24.6 Å². The molecular formula is C44H48N4O6. The first-order valence-corrected chi connectivity index (χ1v) is 19.3. The Morgan fingerprint density at radius 3 is 2.43 bits per heavy atom. The molecule has 4 heterocycles. The van der Waals surface area contributed by atoms with Crippen molar-refractivity contribution in [2.45, 2.75) is 69.6 Å². The lowest BCUT2D eigenvalue weighted by Gasteiger charge is -2.39. The fourth-order valence-corrected chi connectivity index (χ4v) is 8.71. The number of phenols is 1. The lowest BCUT2D eigenvalue weighted by molar-refractivity contribution is -0.136. The Morgan fingerprint density at radius 2 is 1.65 bits per heavy atom. The monoisotopic (exact) mass is 728 g/mol. The minimum absolute atomic E-state index is 0.0640. The third-order valence-corrected chi connectivity index (χ3v) is 11.6. The number of piperidine rings is 1. The van der Waals surface area contributed by atoms with E-state index in [1.54, 1.807) is 17.0 Å². The van der Waals surface area contributed by atoms with Crippen molar-refractivity contribution in [3.05, 3.63) is 119 Å². The van der Waals surface area contributed by atoms with Gasteiger partial charge in [0.1, 0.15) is 29.4 Å². The number of aromatic hydroxyl groups is 1. The van der Waals surface area contributed by atoms with E-state index in [0.29, 0.717) is 25.1 Å². The van der Waals surface area contributed by atoms with Gasteiger partial charge in [0.2, 0.25) is 11.8 Å². The Labute approximate surface area is 316 Å². The van der Waals surface area contributed by atoms with Gasteiger partial charge in [-0.15, -0.1) is 0 Å². The van der Waals surface area contributed by atoms with Crippen molar-refractivity contribution >= 4 is 23.4 Å². The first-order valence-electron chi connectivity index (χ1n) is 19.3. The first-order chi connectivity index (χ1) is 26.3. The van der Waals surface area contributed by atoms with Crippen molar-refractivity contribution in [1.82, 2.24) is 15.1 Å². The van der Waals surface area contributed by atoms with Crippen LogP contribution in [0.1, 0.15) is 83.5 Å². The SMILES string of the molecule is C[C@H]1Oc2cc(O)ccc2[C@@H](c2ccc(OCCCCCN3CCN(c4ccc5c(c4)CN(C4CCC(=O)NC4=O)C5=O)CC3)cc2)[C@H]1c1ccccc1. The van der Waals surface area contributed by atoms with Crippen LogP contribution in [0.3, 0.4) is 0 Å². The molecule has 280 valence electrons. The van der Waals surface area contributed by atoms with Gasteiger partial charge >= 0.3 is 0 Å². The minimum atomic E-state index is -0.592. The molecule has 2 N–H and O–H groups in total. The molecule has 2 saturated heterocycles. The van der Waals surface area contributed by atoms with Crippen molar-refractivity contribution in [1.29, 1.82) is 0 Å². The van der Waals surface area contributed by atoms with Crippen LogP contribution in [0, 0.1) is 0 Å². The molecule has 10 heteroatoms. The van der Waals surface area contributed by atoms with Gasteiger partial charge in [0.15, 0.2) is 0 Å². The second-order valence-electron chi connectivity index (χ2n) is 15.0. The summed E-state index contributed by atoms with van der Waals surface area (Å²) in [6, 6.07) is 29.9. The van der Waals surface area contributed by atoms with Crippen LogP contribution in [0.2, 0.25) is 0 Å². The van der Waals surface area contributed by atoms with Crippen molar-refractivity contribution in [3.8, 4) is 17.2 Å². The Bertz CT molecular complexity index is 1990. The first kappa shape index (κ1) is 35.7. The molecule has 0 aliphatic carbocycles. The minimum Gasteiger partial charge on any atom is -0.508 e. The van der Waals surface area contributed by atoms with Crippen molar-refractivity contribution in [2.24, 2.45) is 0 Å². The van der Waals surface area contributed by atoms with Crippen LogP contribution >= 0.6 is 0 Å². The number of piperazine rings is 1. The molecule has 0 saturated carbocycles. The Kier molecular flexibility index (Phi) is 10.3. The van der Waals surface area contributed by atoms with Gasteiger partial charge < -0.3 is 24.4 Å². The van der Waals surface area contributed by atoms with E-state index in [4.69, 9.17) is 9.47 Å². The number of hydrogen-bond donors (Lipinski definition) is 2. The summed E-state index contributed by atoms with van der Waals surface area (Å²) in [7, 11) is 0. The van der Waals surface area contributed by atoms with Crippen molar-refractivity contribution in [3.63, 3.8) is 0 Å². The zero-order valence-electron chi connectivity index (χ0n) is 30.8. The van der Waals surface area contributed by atoms with Crippen LogP contribution in [-0.2, 0) is 16.1 Å². The second-order valence-corrected chi connectivity index (χ2v) is 15.0. The number of imide groups is 1. The summed E-state index contributed by atoms with van der Waals surface area (Å²) < 4.78 is 12.5. The van der Waals surface area contributed by atoms with Crippen molar-refractivity contribution < 1.29 is 29.0 Å². The number of unbranched alkanes of at least 4 members (excludes halogenated alkanes) is 2. The van der Waals surface area contributed by atoms with Crippen LogP contribution in [0.5, 0.6) is 17.2 Å². The van der Waals surface area contributed by atoms with Gasteiger partial charge in [-0.25, -0.2) is 0 Å². The van der Waals surface area contributed by atoms with E-state index in [2.05, 4.69) is 76.6 Å². The molecule has 4 aromatic carbocycles. The molecule has 0 radical (unpaired) electrons. The summed E-state index contributed by atoms with van der Waals surface area (Å²) in [6.07, 6.45) is 3.78. The van der Waals surface area contributed by atoms with E-state index in [1.165, 1.54) is 11.1 Å². The molecular weight excluding hydrogens is 681 g/mol. The normalized spacial score (nSPS) is 22.7. The number of ether oxygens (including phenoxy) is 2. The number of fused-ring (bicyclic) bond motifs is 2. The number of nitrogens with zero attached hydrogens (tertiary/aromatic N) is 3. The molecule has 1 unspecified atom stereocenters. The molecule has 4 aliphatic rings. The molecule has 54 heavy (non-hydrogen) atoms. The second kappa shape index (κ2) is 15.6. The highest BCUT2D eigenvalue weighted by atomic mass is 16.5. The Morgan fingerprint density at radius 1 is 0.852 bits per heavy atom. The summed E-state index contributed by atoms with van der Waals surface area (Å²) in [4.78, 5) is 43.6. The number of phenolic OH excluding ortho intramolecular Hbond substituents is 1. The zero-order chi connectivity index (χ0) is 37.2. The van der Waals surface area contributed by atoms with Crippen LogP contribution < -0.4 is 19.7 Å². The van der Waals surface area contributed by atoms with E-state index < -0.39 is 6.04 Å². The molecule has 4 aromatic rings. The largest absolute Gasteiger partial charge is 0.508 e. The quantitative estimate of drug-likeness (QED) is 0.138. The van der Waals surface area contributed by atoms with Gasteiger partial charge in [-0.1, -0.05) is 48.5 Å². The van der Waals surface area contributed by atoms with E-state index >= 15 is 0 Å². The molecule has 8 rings (SSSR count). The highest BCUT2D eigenvalue weighted by molar-refractivity contribution is 6.05. The highest BCUT2D eigenvalue weighted by Crippen LogP contribution is 2.49. The molecule has 4 atom stereocenters. The van der Waals surface area contributed by atoms with Crippen molar-refractivity contribution in [2.75, 3.05) is 44.2 Å². The van der Waals surface area contributed by atoms with Crippen LogP contribution in [0.4, 0.5) is 5.69 Å². The fourth-order valence-electron chi connectivity index (χ4n) is 8.71. The number of amides is 3. The highest BCUT2D eigenvalue weighted by Gasteiger charge is 2.40. The summed E-state index contributed by atoms with van der Waals surface area (Å²) in [5.74, 6) is 1.24. The van der Waals surface area contributed by atoms with Crippen LogP contribution in [-0.4, -0.2) is 84.1 Å². The number of carbonyl (C=O) groups excluding carboxylic acids is 3. The van der Waals surface area contributed by atoms with Gasteiger partial charge in [-0.2, -0.15) is 0 Å². The smallest absolute Gasteiger partial charge is 0.255 e. The maximum Gasteiger partial charge on any atom is 0.255 e. The molecule has 10 nitrogen and oxygen atoms in total. The number of benzene rings is 4. The molecule has 0 bridgehead atoms. The van der Waals surface area contributed by atoms with E-state index in [-0.39, 0.29) is 47.8 Å². The van der Waals surface area contributed by atoms with Gasteiger partial charge in [0, 0.05) is 73.9 Å². The van der Waals surface area contributed by atoms with Gasteiger partial charge in [0.25, 0.3) is 5.91 Å². The predicted octanol–water partition coefficient (Wildman–Crippen LogP) is 6.22. The third kappa shape index (κ3) is 7.40. The van der Waals surface area contributed by atoms with Crippen LogP contribution in [0.25, 0.3) is 0 Å². The maximum absolute atomic E-state index is 13.1. The summed E-state index contributed by atoms with van der Waals surface area (Å²) in [5.41, 5.74) is 6.21. The topological polar surface area (TPSA) is 112 Å². The number of carbonyl (C=O) groups is 3. The molecule has 0 spiro atoms.